The quantitative estimate of drug-likeness (QED) is 0.241. The smallest absolute Gasteiger partial charge is 0.343 e. The Bertz CT molecular complexity index is 1160. The minimum absolute atomic E-state index is 0.360. The van der Waals surface area contributed by atoms with Crippen LogP contribution in [0.25, 0.3) is 0 Å². The summed E-state index contributed by atoms with van der Waals surface area (Å²) < 4.78 is 10.8. The van der Waals surface area contributed by atoms with Gasteiger partial charge < -0.3 is 9.47 Å². The molecule has 168 valence electrons. The van der Waals surface area contributed by atoms with Crippen molar-refractivity contribution in [3.63, 3.8) is 0 Å². The molecule has 34 heavy (non-hydrogen) atoms. The Morgan fingerprint density at radius 3 is 1.18 bits per heavy atom. The van der Waals surface area contributed by atoms with Crippen LogP contribution in [-0.4, -0.2) is 11.9 Å². The Balaban J connectivity index is 1.22. The number of benzene rings is 4. The van der Waals surface area contributed by atoms with Crippen molar-refractivity contribution in [2.24, 2.45) is 0 Å². The van der Waals surface area contributed by atoms with Crippen molar-refractivity contribution in [1.82, 2.24) is 0 Å². The first-order chi connectivity index (χ1) is 16.7. The summed E-state index contributed by atoms with van der Waals surface area (Å²) in [4.78, 5) is 24.8. The molecule has 0 aromatic heterocycles. The number of carbonyl (C=O) groups is 2. The van der Waals surface area contributed by atoms with Gasteiger partial charge in [-0.3, -0.25) is 0 Å². The van der Waals surface area contributed by atoms with E-state index in [1.165, 1.54) is 11.1 Å². The lowest BCUT2D eigenvalue weighted by Gasteiger charge is -2.37. The molecule has 0 amide bonds. The van der Waals surface area contributed by atoms with Gasteiger partial charge in [-0.15, -0.1) is 0 Å². The standard InChI is InChI=1S/C30H24O4/c31-29(33-25-7-3-1-4-8-25)23-15-11-21(12-16-23)27-19-20-28(27)22-13-17-24(18-14-22)30(32)34-26-9-5-2-6-10-26/h1-18,27-28H,19-20H2/t27-,28+. The predicted octanol–water partition coefficient (Wildman–Crippen LogP) is 6.79. The van der Waals surface area contributed by atoms with Gasteiger partial charge in [-0.1, -0.05) is 60.7 Å². The van der Waals surface area contributed by atoms with Gasteiger partial charge in [-0.05, 0) is 84.3 Å². The van der Waals surface area contributed by atoms with E-state index in [0.29, 0.717) is 34.5 Å². The van der Waals surface area contributed by atoms with Gasteiger partial charge in [0.25, 0.3) is 0 Å². The van der Waals surface area contributed by atoms with E-state index in [9.17, 15) is 9.59 Å². The van der Waals surface area contributed by atoms with Crippen LogP contribution >= 0.6 is 0 Å². The zero-order chi connectivity index (χ0) is 23.3. The minimum Gasteiger partial charge on any atom is -0.423 e. The summed E-state index contributed by atoms with van der Waals surface area (Å²) >= 11 is 0. The first-order valence-electron chi connectivity index (χ1n) is 11.4. The van der Waals surface area contributed by atoms with Crippen LogP contribution in [0.5, 0.6) is 11.5 Å². The van der Waals surface area contributed by atoms with E-state index >= 15 is 0 Å². The lowest BCUT2D eigenvalue weighted by atomic mass is 9.67. The molecule has 0 radical (unpaired) electrons. The molecule has 0 bridgehead atoms. The van der Waals surface area contributed by atoms with Crippen molar-refractivity contribution in [1.29, 1.82) is 0 Å². The summed E-state index contributed by atoms with van der Waals surface area (Å²) in [6, 6.07) is 33.5. The van der Waals surface area contributed by atoms with Gasteiger partial charge in [-0.25, -0.2) is 9.59 Å². The van der Waals surface area contributed by atoms with Crippen LogP contribution in [0.15, 0.2) is 109 Å². The lowest BCUT2D eigenvalue weighted by molar-refractivity contribution is 0.0725. The molecule has 5 rings (SSSR count). The number of hydrogen-bond donors (Lipinski definition) is 0. The van der Waals surface area contributed by atoms with Crippen LogP contribution in [0.1, 0.15) is 56.5 Å². The summed E-state index contributed by atoms with van der Waals surface area (Å²) in [5, 5.41) is 0. The fourth-order valence-corrected chi connectivity index (χ4v) is 4.34. The van der Waals surface area contributed by atoms with Crippen LogP contribution in [0.2, 0.25) is 0 Å². The Kier molecular flexibility index (Phi) is 6.21. The molecule has 4 nitrogen and oxygen atoms in total. The normalized spacial score (nSPS) is 16.8. The number of rotatable bonds is 6. The van der Waals surface area contributed by atoms with Crippen LogP contribution in [0.4, 0.5) is 0 Å². The molecule has 4 aromatic rings. The fraction of sp³-hybridized carbons (Fsp3) is 0.133. The molecule has 0 N–H and O–H groups in total. The van der Waals surface area contributed by atoms with E-state index in [2.05, 4.69) is 0 Å². The van der Waals surface area contributed by atoms with Crippen LogP contribution in [0.3, 0.4) is 0 Å². The number of esters is 2. The van der Waals surface area contributed by atoms with Crippen molar-refractivity contribution in [3.8, 4) is 11.5 Å². The molecule has 1 fully saturated rings. The highest BCUT2D eigenvalue weighted by atomic mass is 16.5. The Hall–Kier alpha value is -4.18. The second kappa shape index (κ2) is 9.75. The third-order valence-electron chi connectivity index (χ3n) is 6.33. The molecule has 0 aliphatic heterocycles. The minimum atomic E-state index is -0.360. The maximum atomic E-state index is 12.4. The largest absolute Gasteiger partial charge is 0.423 e. The zero-order valence-electron chi connectivity index (χ0n) is 18.6. The van der Waals surface area contributed by atoms with E-state index in [-0.39, 0.29) is 11.9 Å². The molecule has 4 aromatic carbocycles. The fourth-order valence-electron chi connectivity index (χ4n) is 4.34. The first kappa shape index (κ1) is 21.7. The number of para-hydroxylation sites is 2. The van der Waals surface area contributed by atoms with E-state index in [1.807, 2.05) is 84.9 Å². The Morgan fingerprint density at radius 1 is 0.500 bits per heavy atom. The summed E-state index contributed by atoms with van der Waals surface area (Å²) in [7, 11) is 0. The summed E-state index contributed by atoms with van der Waals surface area (Å²) in [6.45, 7) is 0. The first-order valence-corrected chi connectivity index (χ1v) is 11.4. The molecule has 4 heteroatoms. The summed E-state index contributed by atoms with van der Waals surface area (Å²) in [6.07, 6.45) is 2.19. The molecule has 1 aliphatic carbocycles. The van der Waals surface area contributed by atoms with Crippen molar-refractivity contribution in [2.45, 2.75) is 24.7 Å². The second-order valence-electron chi connectivity index (χ2n) is 8.44. The van der Waals surface area contributed by atoms with Crippen LogP contribution < -0.4 is 9.47 Å². The second-order valence-corrected chi connectivity index (χ2v) is 8.44. The third-order valence-corrected chi connectivity index (χ3v) is 6.33. The number of hydrogen-bond acceptors (Lipinski definition) is 4. The molecule has 1 saturated carbocycles. The maximum Gasteiger partial charge on any atom is 0.343 e. The maximum absolute atomic E-state index is 12.4. The van der Waals surface area contributed by atoms with Gasteiger partial charge in [0, 0.05) is 0 Å². The van der Waals surface area contributed by atoms with Crippen molar-refractivity contribution < 1.29 is 19.1 Å². The zero-order valence-corrected chi connectivity index (χ0v) is 18.6. The van der Waals surface area contributed by atoms with Gasteiger partial charge >= 0.3 is 11.9 Å². The molecular weight excluding hydrogens is 424 g/mol. The highest BCUT2D eigenvalue weighted by Gasteiger charge is 2.33. The van der Waals surface area contributed by atoms with E-state index in [1.54, 1.807) is 24.3 Å². The van der Waals surface area contributed by atoms with Gasteiger partial charge in [0.15, 0.2) is 0 Å². The van der Waals surface area contributed by atoms with E-state index < -0.39 is 0 Å². The number of ether oxygens (including phenoxy) is 2. The van der Waals surface area contributed by atoms with Gasteiger partial charge in [0.2, 0.25) is 0 Å². The molecule has 2 atom stereocenters. The molecule has 0 unspecified atom stereocenters. The predicted molar refractivity (Wildman–Crippen MR) is 130 cm³/mol. The summed E-state index contributed by atoms with van der Waals surface area (Å²) in [5.74, 6) is 1.13. The average molecular weight is 449 g/mol. The topological polar surface area (TPSA) is 52.6 Å². The van der Waals surface area contributed by atoms with Crippen LogP contribution in [0, 0.1) is 0 Å². The highest BCUT2D eigenvalue weighted by Crippen LogP contribution is 2.49. The van der Waals surface area contributed by atoms with Gasteiger partial charge in [0.1, 0.15) is 11.5 Å². The van der Waals surface area contributed by atoms with Crippen molar-refractivity contribution >= 4 is 11.9 Å². The van der Waals surface area contributed by atoms with Gasteiger partial charge in [-0.2, -0.15) is 0 Å². The van der Waals surface area contributed by atoms with E-state index in [4.69, 9.17) is 9.47 Å². The van der Waals surface area contributed by atoms with E-state index in [0.717, 1.165) is 12.8 Å². The van der Waals surface area contributed by atoms with Crippen molar-refractivity contribution in [3.05, 3.63) is 131 Å². The molecule has 0 heterocycles. The average Bonchev–Trinajstić information content (AvgIpc) is 2.85. The van der Waals surface area contributed by atoms with Crippen molar-refractivity contribution in [2.75, 3.05) is 0 Å². The van der Waals surface area contributed by atoms with Gasteiger partial charge in [0.05, 0.1) is 11.1 Å². The molecular formula is C30H24O4. The van der Waals surface area contributed by atoms with Crippen LogP contribution in [-0.2, 0) is 0 Å². The summed E-state index contributed by atoms with van der Waals surface area (Å²) in [5.41, 5.74) is 3.48. The Morgan fingerprint density at radius 2 is 0.853 bits per heavy atom. The SMILES string of the molecule is O=C(Oc1ccccc1)c1ccc([C@H]2CC[C@H]2c2ccc(C(=O)Oc3ccccc3)cc2)cc1. The number of carbonyl (C=O) groups excluding carboxylic acids is 2. The monoisotopic (exact) mass is 448 g/mol. The molecule has 1 aliphatic rings. The third kappa shape index (κ3) is 4.76. The molecule has 0 spiro atoms. The Labute approximate surface area is 198 Å². The highest BCUT2D eigenvalue weighted by molar-refractivity contribution is 5.91. The lowest BCUT2D eigenvalue weighted by Crippen LogP contribution is -2.22. The molecule has 0 saturated heterocycles.